The maximum absolute atomic E-state index is 3.81. The third-order valence-corrected chi connectivity index (χ3v) is 14.4. The Hall–Kier alpha value is -3.66. The van der Waals surface area contributed by atoms with Crippen LogP contribution in [0.15, 0.2) is 103 Å². The first-order chi connectivity index (χ1) is 20.1. The number of nitrogens with one attached hydrogen (secondary N) is 1. The van der Waals surface area contributed by atoms with Gasteiger partial charge in [0.25, 0.3) is 0 Å². The molecule has 2 heterocycles. The second-order valence-corrected chi connectivity index (χ2v) is 17.9. The van der Waals surface area contributed by atoms with Crippen molar-refractivity contribution in [3.63, 3.8) is 0 Å². The number of thiophene rings is 1. The van der Waals surface area contributed by atoms with E-state index < -0.39 is 8.07 Å². The highest BCUT2D eigenvalue weighted by molar-refractivity contribution is 7.26. The molecule has 1 fully saturated rings. The van der Waals surface area contributed by atoms with Crippen LogP contribution in [0.2, 0.25) is 13.1 Å². The molecule has 8 rings (SSSR count). The molecule has 41 heavy (non-hydrogen) atoms. The van der Waals surface area contributed by atoms with Gasteiger partial charge in [-0.05, 0) is 81.2 Å². The SMILES string of the molecule is C[Si]1(C)c2ccccc2-c2ccc(-c3ccc(Nc4ccc(C5CCCCC5)cc4)c4c3sc3ccccc34)cc21. The van der Waals surface area contributed by atoms with E-state index in [9.17, 15) is 0 Å². The molecule has 1 aliphatic carbocycles. The van der Waals surface area contributed by atoms with E-state index in [-0.39, 0.29) is 0 Å². The molecule has 3 heteroatoms. The summed E-state index contributed by atoms with van der Waals surface area (Å²) in [4.78, 5) is 0. The van der Waals surface area contributed by atoms with Crippen LogP contribution >= 0.6 is 11.3 Å². The van der Waals surface area contributed by atoms with Gasteiger partial charge in [-0.25, -0.2) is 0 Å². The Morgan fingerprint density at radius 2 is 1.41 bits per heavy atom. The van der Waals surface area contributed by atoms with Crippen LogP contribution in [0.25, 0.3) is 42.4 Å². The minimum atomic E-state index is -1.73. The fourth-order valence-corrected chi connectivity index (χ4v) is 11.8. The fraction of sp³-hybridized carbons (Fsp3) is 0.211. The van der Waals surface area contributed by atoms with Crippen LogP contribution in [0.3, 0.4) is 0 Å². The Morgan fingerprint density at radius 1 is 0.683 bits per heavy atom. The van der Waals surface area contributed by atoms with Crippen LogP contribution in [0.5, 0.6) is 0 Å². The summed E-state index contributed by atoms with van der Waals surface area (Å²) < 4.78 is 2.71. The molecule has 1 N–H and O–H groups in total. The lowest BCUT2D eigenvalue weighted by molar-refractivity contribution is 0.443. The molecule has 0 spiro atoms. The normalized spacial score (nSPS) is 16.1. The van der Waals surface area contributed by atoms with E-state index in [0.29, 0.717) is 0 Å². The lowest BCUT2D eigenvalue weighted by atomic mass is 9.84. The molecular formula is C38H35NSSi. The van der Waals surface area contributed by atoms with E-state index in [4.69, 9.17) is 0 Å². The maximum atomic E-state index is 3.81. The summed E-state index contributed by atoms with van der Waals surface area (Å²) in [5, 5.41) is 9.60. The molecule has 0 atom stereocenters. The summed E-state index contributed by atoms with van der Waals surface area (Å²) in [7, 11) is -1.73. The summed E-state index contributed by atoms with van der Waals surface area (Å²) in [6.45, 7) is 5.01. The Bertz CT molecular complexity index is 1920. The van der Waals surface area contributed by atoms with Crippen molar-refractivity contribution in [2.24, 2.45) is 0 Å². The van der Waals surface area contributed by atoms with Crippen molar-refractivity contribution in [2.75, 3.05) is 5.32 Å². The molecular weight excluding hydrogens is 531 g/mol. The number of anilines is 2. The zero-order chi connectivity index (χ0) is 27.6. The van der Waals surface area contributed by atoms with Crippen molar-refractivity contribution in [1.82, 2.24) is 0 Å². The standard InChI is InChI=1S/C38H35NSSi/c1-41(2)35-15-9-7-12-30(35)31-21-18-27(24-36(31)41)29-22-23-33(37-32-13-6-8-14-34(32)40-38(29)37)39-28-19-16-26(17-20-28)25-10-4-3-5-11-25/h6-9,12-25,39H,3-5,10-11H2,1-2H3. The van der Waals surface area contributed by atoms with Crippen molar-refractivity contribution in [2.45, 2.75) is 51.1 Å². The van der Waals surface area contributed by atoms with Gasteiger partial charge in [-0.15, -0.1) is 11.3 Å². The van der Waals surface area contributed by atoms with Crippen molar-refractivity contribution in [3.05, 3.63) is 109 Å². The van der Waals surface area contributed by atoms with Gasteiger partial charge in [-0.2, -0.15) is 0 Å². The van der Waals surface area contributed by atoms with Crippen LogP contribution in [-0.4, -0.2) is 8.07 Å². The molecule has 1 nitrogen and oxygen atoms in total. The maximum Gasteiger partial charge on any atom is 0.113 e. The van der Waals surface area contributed by atoms with E-state index >= 15 is 0 Å². The van der Waals surface area contributed by atoms with Gasteiger partial charge in [0.1, 0.15) is 8.07 Å². The van der Waals surface area contributed by atoms with Crippen LogP contribution in [-0.2, 0) is 0 Å². The van der Waals surface area contributed by atoms with Gasteiger partial charge in [0.05, 0.1) is 0 Å². The predicted molar refractivity (Wildman–Crippen MR) is 183 cm³/mol. The first-order valence-corrected chi connectivity index (χ1v) is 19.0. The lowest BCUT2D eigenvalue weighted by Crippen LogP contribution is -2.49. The Balaban J connectivity index is 1.22. The molecule has 202 valence electrons. The average Bonchev–Trinajstić information content (AvgIpc) is 3.52. The predicted octanol–water partition coefficient (Wildman–Crippen LogP) is 10.3. The molecule has 1 aliphatic heterocycles. The van der Waals surface area contributed by atoms with E-state index in [2.05, 4.69) is 122 Å². The first kappa shape index (κ1) is 25.1. The van der Waals surface area contributed by atoms with Crippen molar-refractivity contribution < 1.29 is 0 Å². The summed E-state index contributed by atoms with van der Waals surface area (Å²) >= 11 is 1.92. The Kier molecular flexibility index (Phi) is 5.94. The van der Waals surface area contributed by atoms with Crippen LogP contribution in [0.1, 0.15) is 43.6 Å². The number of benzene rings is 5. The van der Waals surface area contributed by atoms with Crippen LogP contribution in [0.4, 0.5) is 11.4 Å². The van der Waals surface area contributed by atoms with Gasteiger partial charge in [0, 0.05) is 31.5 Å². The van der Waals surface area contributed by atoms with Gasteiger partial charge in [-0.1, -0.05) is 111 Å². The first-order valence-electron chi connectivity index (χ1n) is 15.1. The van der Waals surface area contributed by atoms with Crippen LogP contribution < -0.4 is 15.7 Å². The minimum absolute atomic E-state index is 0.734. The van der Waals surface area contributed by atoms with Gasteiger partial charge < -0.3 is 5.32 Å². The fourth-order valence-electron chi connectivity index (χ4n) is 7.46. The monoisotopic (exact) mass is 565 g/mol. The minimum Gasteiger partial charge on any atom is -0.355 e. The third kappa shape index (κ3) is 4.09. The van der Waals surface area contributed by atoms with Crippen molar-refractivity contribution >= 4 is 61.3 Å². The van der Waals surface area contributed by atoms with Crippen LogP contribution in [0, 0.1) is 0 Å². The van der Waals surface area contributed by atoms with E-state index in [1.807, 2.05) is 11.3 Å². The highest BCUT2D eigenvalue weighted by Gasteiger charge is 2.37. The average molecular weight is 566 g/mol. The molecule has 0 saturated heterocycles. The topological polar surface area (TPSA) is 12.0 Å². The van der Waals surface area contributed by atoms with E-state index in [1.165, 1.54) is 85.8 Å². The molecule has 0 amide bonds. The molecule has 0 unspecified atom stereocenters. The summed E-state index contributed by atoms with van der Waals surface area (Å²) in [5.74, 6) is 0.734. The number of rotatable bonds is 4. The van der Waals surface area contributed by atoms with Gasteiger partial charge in [0.15, 0.2) is 0 Å². The number of hydrogen-bond acceptors (Lipinski definition) is 2. The summed E-state index contributed by atoms with van der Waals surface area (Å²) in [5.41, 5.74) is 9.39. The third-order valence-electron chi connectivity index (χ3n) is 9.69. The summed E-state index contributed by atoms with van der Waals surface area (Å²) in [6.07, 6.45) is 6.82. The Labute approximate surface area is 247 Å². The largest absolute Gasteiger partial charge is 0.355 e. The quantitative estimate of drug-likeness (QED) is 0.210. The smallest absolute Gasteiger partial charge is 0.113 e. The second kappa shape index (κ2) is 9.72. The zero-order valence-electron chi connectivity index (χ0n) is 23.8. The molecule has 2 aliphatic rings. The number of hydrogen-bond donors (Lipinski definition) is 1. The van der Waals surface area contributed by atoms with E-state index in [0.717, 1.165) is 11.6 Å². The molecule has 0 bridgehead atoms. The zero-order valence-corrected chi connectivity index (χ0v) is 25.7. The lowest BCUT2D eigenvalue weighted by Gasteiger charge is -2.22. The van der Waals surface area contributed by atoms with Gasteiger partial charge in [0.2, 0.25) is 0 Å². The van der Waals surface area contributed by atoms with Gasteiger partial charge >= 0.3 is 0 Å². The van der Waals surface area contributed by atoms with Gasteiger partial charge in [-0.3, -0.25) is 0 Å². The molecule has 1 saturated carbocycles. The molecule has 5 aromatic carbocycles. The second-order valence-electron chi connectivity index (χ2n) is 12.5. The van der Waals surface area contributed by atoms with Crippen molar-refractivity contribution in [1.29, 1.82) is 0 Å². The molecule has 1 aromatic heterocycles. The highest BCUT2D eigenvalue weighted by Crippen LogP contribution is 2.45. The number of fused-ring (bicyclic) bond motifs is 6. The van der Waals surface area contributed by atoms with Crippen molar-refractivity contribution in [3.8, 4) is 22.3 Å². The summed E-state index contributed by atoms with van der Waals surface area (Å²) in [6, 6.07) is 39.1. The highest BCUT2D eigenvalue weighted by atomic mass is 32.1. The van der Waals surface area contributed by atoms with E-state index in [1.54, 1.807) is 10.4 Å². The molecule has 6 aromatic rings. The Morgan fingerprint density at radius 3 is 2.27 bits per heavy atom. The molecule has 0 radical (unpaired) electrons.